The second kappa shape index (κ2) is 7.84. The molecule has 3 aromatic rings. The largest absolute Gasteiger partial charge is 0.481 e. The molecule has 0 fully saturated rings. The molecule has 0 aliphatic carbocycles. The summed E-state index contributed by atoms with van der Waals surface area (Å²) in [6.45, 7) is 0.665. The van der Waals surface area contributed by atoms with Crippen LogP contribution in [0.5, 0.6) is 5.75 Å². The van der Waals surface area contributed by atoms with E-state index in [2.05, 4.69) is 16.2 Å². The van der Waals surface area contributed by atoms with Crippen molar-refractivity contribution < 1.29 is 13.9 Å². The molecule has 2 aromatic carbocycles. The second-order valence-corrected chi connectivity index (χ2v) is 5.26. The van der Waals surface area contributed by atoms with Gasteiger partial charge in [0.2, 0.25) is 0 Å². The standard InChI is InChI=1S/C20H16N2O3/c1-2-11-24-18-9-3-15(4-10-18)12-22-20(23)17-7-5-16(6-8-17)19-13-21-14-25-19/h1,3-10,13-14H,11-12H2,(H,22,23). The Morgan fingerprint density at radius 3 is 2.56 bits per heavy atom. The van der Waals surface area contributed by atoms with E-state index in [1.807, 2.05) is 36.4 Å². The Labute approximate surface area is 145 Å². The second-order valence-electron chi connectivity index (χ2n) is 5.26. The van der Waals surface area contributed by atoms with Gasteiger partial charge in [-0.05, 0) is 29.8 Å². The van der Waals surface area contributed by atoms with Crippen LogP contribution in [0.1, 0.15) is 15.9 Å². The summed E-state index contributed by atoms with van der Waals surface area (Å²) in [5, 5.41) is 2.88. The average Bonchev–Trinajstić information content (AvgIpc) is 3.20. The Morgan fingerprint density at radius 1 is 1.16 bits per heavy atom. The van der Waals surface area contributed by atoms with Crippen LogP contribution in [0.2, 0.25) is 0 Å². The third-order valence-corrected chi connectivity index (χ3v) is 3.56. The molecule has 5 nitrogen and oxygen atoms in total. The molecule has 0 spiro atoms. The molecule has 1 aromatic heterocycles. The number of carbonyl (C=O) groups is 1. The van der Waals surface area contributed by atoms with Gasteiger partial charge in [-0.1, -0.05) is 30.2 Å². The van der Waals surface area contributed by atoms with Crippen LogP contribution in [0, 0.1) is 12.3 Å². The Balaban J connectivity index is 1.56. The van der Waals surface area contributed by atoms with E-state index in [0.29, 0.717) is 23.6 Å². The topological polar surface area (TPSA) is 64.4 Å². The number of rotatable bonds is 6. The van der Waals surface area contributed by atoms with Gasteiger partial charge >= 0.3 is 0 Å². The zero-order chi connectivity index (χ0) is 17.5. The van der Waals surface area contributed by atoms with Crippen LogP contribution < -0.4 is 10.1 Å². The highest BCUT2D eigenvalue weighted by Gasteiger charge is 2.07. The number of benzene rings is 2. The zero-order valence-electron chi connectivity index (χ0n) is 13.4. The Morgan fingerprint density at radius 2 is 1.92 bits per heavy atom. The van der Waals surface area contributed by atoms with E-state index in [9.17, 15) is 4.79 Å². The normalized spacial score (nSPS) is 10.0. The number of ether oxygens (including phenoxy) is 1. The Hall–Kier alpha value is -3.52. The van der Waals surface area contributed by atoms with Gasteiger partial charge in [0.05, 0.1) is 6.20 Å². The molecule has 0 saturated heterocycles. The van der Waals surface area contributed by atoms with Crippen molar-refractivity contribution in [3.63, 3.8) is 0 Å². The molecule has 0 atom stereocenters. The predicted octanol–water partition coefficient (Wildman–Crippen LogP) is 3.28. The van der Waals surface area contributed by atoms with Crippen molar-refractivity contribution >= 4 is 5.91 Å². The van der Waals surface area contributed by atoms with Crippen molar-refractivity contribution in [2.75, 3.05) is 6.61 Å². The predicted molar refractivity (Wildman–Crippen MR) is 93.9 cm³/mol. The average molecular weight is 332 g/mol. The molecule has 0 radical (unpaired) electrons. The summed E-state index contributed by atoms with van der Waals surface area (Å²) in [5.41, 5.74) is 2.42. The zero-order valence-corrected chi connectivity index (χ0v) is 13.4. The lowest BCUT2D eigenvalue weighted by Crippen LogP contribution is -2.22. The van der Waals surface area contributed by atoms with E-state index in [-0.39, 0.29) is 12.5 Å². The fraction of sp³-hybridized carbons (Fsp3) is 0.100. The fourth-order valence-electron chi connectivity index (χ4n) is 2.26. The van der Waals surface area contributed by atoms with Gasteiger partial charge in [-0.2, -0.15) is 0 Å². The first-order chi connectivity index (χ1) is 12.3. The lowest BCUT2D eigenvalue weighted by molar-refractivity contribution is 0.0951. The Kier molecular flexibility index (Phi) is 5.13. The minimum absolute atomic E-state index is 0.142. The van der Waals surface area contributed by atoms with Gasteiger partial charge in [-0.3, -0.25) is 4.79 Å². The fourth-order valence-corrected chi connectivity index (χ4v) is 2.26. The molecule has 0 bridgehead atoms. The summed E-state index contributed by atoms with van der Waals surface area (Å²) < 4.78 is 10.5. The molecule has 3 rings (SSSR count). The van der Waals surface area contributed by atoms with Gasteiger partial charge in [0.15, 0.2) is 12.2 Å². The molecule has 1 heterocycles. The van der Waals surface area contributed by atoms with Gasteiger partial charge in [-0.15, -0.1) is 6.42 Å². The minimum Gasteiger partial charge on any atom is -0.481 e. The summed E-state index contributed by atoms with van der Waals surface area (Å²) in [5.74, 6) is 3.64. The van der Waals surface area contributed by atoms with Gasteiger partial charge in [-0.25, -0.2) is 4.98 Å². The molecule has 25 heavy (non-hydrogen) atoms. The van der Waals surface area contributed by atoms with Gasteiger partial charge in [0, 0.05) is 17.7 Å². The maximum Gasteiger partial charge on any atom is 0.251 e. The van der Waals surface area contributed by atoms with E-state index < -0.39 is 0 Å². The van der Waals surface area contributed by atoms with Crippen molar-refractivity contribution in [3.8, 4) is 29.4 Å². The highest BCUT2D eigenvalue weighted by molar-refractivity contribution is 5.94. The quantitative estimate of drug-likeness (QED) is 0.704. The lowest BCUT2D eigenvalue weighted by atomic mass is 10.1. The molecular weight excluding hydrogens is 316 g/mol. The van der Waals surface area contributed by atoms with E-state index >= 15 is 0 Å². The van der Waals surface area contributed by atoms with Crippen LogP contribution in [0.4, 0.5) is 0 Å². The number of hydrogen-bond donors (Lipinski definition) is 1. The summed E-state index contributed by atoms with van der Waals surface area (Å²) >= 11 is 0. The molecule has 0 aliphatic heterocycles. The summed E-state index contributed by atoms with van der Waals surface area (Å²) in [6.07, 6.45) is 8.15. The van der Waals surface area contributed by atoms with Crippen LogP contribution in [-0.4, -0.2) is 17.5 Å². The van der Waals surface area contributed by atoms with Crippen LogP contribution in [-0.2, 0) is 6.54 Å². The number of oxazole rings is 1. The lowest BCUT2D eigenvalue weighted by Gasteiger charge is -2.07. The van der Waals surface area contributed by atoms with Crippen LogP contribution in [0.15, 0.2) is 65.5 Å². The van der Waals surface area contributed by atoms with Crippen molar-refractivity contribution in [2.24, 2.45) is 0 Å². The molecule has 124 valence electrons. The van der Waals surface area contributed by atoms with Gasteiger partial charge < -0.3 is 14.5 Å². The third kappa shape index (κ3) is 4.27. The summed E-state index contributed by atoms with van der Waals surface area (Å²) in [6, 6.07) is 14.6. The highest BCUT2D eigenvalue weighted by Crippen LogP contribution is 2.19. The number of carbonyl (C=O) groups excluding carboxylic acids is 1. The minimum atomic E-state index is -0.142. The summed E-state index contributed by atoms with van der Waals surface area (Å²) in [4.78, 5) is 16.1. The molecule has 0 aliphatic rings. The first-order valence-corrected chi connectivity index (χ1v) is 7.68. The molecule has 5 heteroatoms. The van der Waals surface area contributed by atoms with Crippen molar-refractivity contribution in [2.45, 2.75) is 6.54 Å². The van der Waals surface area contributed by atoms with Crippen molar-refractivity contribution in [1.29, 1.82) is 0 Å². The van der Waals surface area contributed by atoms with Crippen LogP contribution in [0.25, 0.3) is 11.3 Å². The van der Waals surface area contributed by atoms with Gasteiger partial charge in [0.25, 0.3) is 5.91 Å². The first kappa shape index (κ1) is 16.3. The molecule has 0 unspecified atom stereocenters. The van der Waals surface area contributed by atoms with Gasteiger partial charge in [0.1, 0.15) is 12.4 Å². The monoisotopic (exact) mass is 332 g/mol. The molecular formula is C20H16N2O3. The van der Waals surface area contributed by atoms with Crippen molar-refractivity contribution in [1.82, 2.24) is 10.3 Å². The number of aromatic nitrogens is 1. The maximum atomic E-state index is 12.2. The third-order valence-electron chi connectivity index (χ3n) is 3.56. The Bertz CT molecular complexity index is 861. The first-order valence-electron chi connectivity index (χ1n) is 7.68. The molecule has 1 N–H and O–H groups in total. The van der Waals surface area contributed by atoms with E-state index in [1.165, 1.54) is 6.39 Å². The number of amides is 1. The molecule has 0 saturated carbocycles. The summed E-state index contributed by atoms with van der Waals surface area (Å²) in [7, 11) is 0. The number of nitrogens with zero attached hydrogens (tertiary/aromatic N) is 1. The van der Waals surface area contributed by atoms with Crippen molar-refractivity contribution in [3.05, 3.63) is 72.2 Å². The van der Waals surface area contributed by atoms with Crippen LogP contribution >= 0.6 is 0 Å². The smallest absolute Gasteiger partial charge is 0.251 e. The number of terminal acetylenes is 1. The highest BCUT2D eigenvalue weighted by atomic mass is 16.5. The SMILES string of the molecule is C#CCOc1ccc(CNC(=O)c2ccc(-c3cnco3)cc2)cc1. The maximum absolute atomic E-state index is 12.2. The molecule has 1 amide bonds. The van der Waals surface area contributed by atoms with E-state index in [1.54, 1.807) is 18.3 Å². The van der Waals surface area contributed by atoms with E-state index in [4.69, 9.17) is 15.6 Å². The number of nitrogens with one attached hydrogen (secondary N) is 1. The number of hydrogen-bond acceptors (Lipinski definition) is 4. The van der Waals surface area contributed by atoms with E-state index in [0.717, 1.165) is 11.1 Å². The van der Waals surface area contributed by atoms with Crippen LogP contribution in [0.3, 0.4) is 0 Å².